The Bertz CT molecular complexity index is 665. The molecule has 1 saturated heterocycles. The highest BCUT2D eigenvalue weighted by atomic mass is 35.5. The number of halogens is 1. The molecule has 1 amide bonds. The Labute approximate surface area is 152 Å². The first-order valence-corrected chi connectivity index (χ1v) is 8.69. The van der Waals surface area contributed by atoms with Gasteiger partial charge in [0, 0.05) is 18.3 Å². The van der Waals surface area contributed by atoms with Crippen LogP contribution in [-0.2, 0) is 11.2 Å². The molecule has 130 valence electrons. The standard InChI is InChI=1S/C17H21N3O2S.ClH/c1-12-9-20(15(10-22-12)13-5-3-2-4-6-13)17(21)14-11-23-16(19-14)7-8-18;/h2-6,11-12,15H,7-10,18H2,1H3;1H. The van der Waals surface area contributed by atoms with Gasteiger partial charge in [0.25, 0.3) is 5.91 Å². The molecule has 1 aromatic carbocycles. The fourth-order valence-electron chi connectivity index (χ4n) is 2.77. The van der Waals surface area contributed by atoms with E-state index >= 15 is 0 Å². The van der Waals surface area contributed by atoms with Crippen molar-refractivity contribution >= 4 is 29.7 Å². The highest BCUT2D eigenvalue weighted by molar-refractivity contribution is 7.09. The highest BCUT2D eigenvalue weighted by Crippen LogP contribution is 2.28. The minimum atomic E-state index is -0.0699. The molecular weight excluding hydrogens is 346 g/mol. The summed E-state index contributed by atoms with van der Waals surface area (Å²) in [6.45, 7) is 3.61. The van der Waals surface area contributed by atoms with Gasteiger partial charge in [-0.05, 0) is 19.0 Å². The summed E-state index contributed by atoms with van der Waals surface area (Å²) in [5, 5.41) is 2.74. The van der Waals surface area contributed by atoms with E-state index in [1.165, 1.54) is 11.3 Å². The SMILES string of the molecule is CC1CN(C(=O)c2csc(CCN)n2)C(c2ccccc2)CO1.Cl. The molecule has 5 nitrogen and oxygen atoms in total. The molecule has 2 unspecified atom stereocenters. The third-order valence-electron chi connectivity index (χ3n) is 3.94. The average molecular weight is 368 g/mol. The first-order valence-electron chi connectivity index (χ1n) is 7.81. The molecule has 2 aromatic rings. The molecule has 1 aliphatic rings. The van der Waals surface area contributed by atoms with Gasteiger partial charge in [-0.25, -0.2) is 4.98 Å². The number of hydrogen-bond donors (Lipinski definition) is 1. The fourth-order valence-corrected chi connectivity index (χ4v) is 3.56. The van der Waals surface area contributed by atoms with Crippen molar-refractivity contribution in [2.75, 3.05) is 19.7 Å². The van der Waals surface area contributed by atoms with E-state index in [-0.39, 0.29) is 30.5 Å². The highest BCUT2D eigenvalue weighted by Gasteiger charge is 2.33. The van der Waals surface area contributed by atoms with Gasteiger partial charge in [-0.15, -0.1) is 23.7 Å². The zero-order valence-corrected chi connectivity index (χ0v) is 15.2. The molecule has 0 bridgehead atoms. The maximum absolute atomic E-state index is 12.9. The van der Waals surface area contributed by atoms with Crippen molar-refractivity contribution in [1.29, 1.82) is 0 Å². The number of nitrogens with zero attached hydrogens (tertiary/aromatic N) is 2. The Hall–Kier alpha value is -1.47. The van der Waals surface area contributed by atoms with Crippen LogP contribution in [0.4, 0.5) is 0 Å². The van der Waals surface area contributed by atoms with Crippen LogP contribution >= 0.6 is 23.7 Å². The van der Waals surface area contributed by atoms with Crippen LogP contribution in [0.3, 0.4) is 0 Å². The number of aromatic nitrogens is 1. The average Bonchev–Trinajstić information content (AvgIpc) is 3.04. The minimum Gasteiger partial charge on any atom is -0.374 e. The van der Waals surface area contributed by atoms with Gasteiger partial charge in [-0.2, -0.15) is 0 Å². The van der Waals surface area contributed by atoms with E-state index in [1.807, 2.05) is 47.5 Å². The van der Waals surface area contributed by atoms with Crippen LogP contribution in [0.25, 0.3) is 0 Å². The summed E-state index contributed by atoms with van der Waals surface area (Å²) in [6.07, 6.45) is 0.737. The van der Waals surface area contributed by atoms with E-state index in [2.05, 4.69) is 4.98 Å². The van der Waals surface area contributed by atoms with Gasteiger partial charge < -0.3 is 15.4 Å². The van der Waals surface area contributed by atoms with E-state index in [4.69, 9.17) is 10.5 Å². The zero-order chi connectivity index (χ0) is 16.2. The third-order valence-corrected chi connectivity index (χ3v) is 4.85. The lowest BCUT2D eigenvalue weighted by atomic mass is 10.0. The maximum Gasteiger partial charge on any atom is 0.274 e. The second-order valence-corrected chi connectivity index (χ2v) is 6.64. The van der Waals surface area contributed by atoms with Gasteiger partial charge in [-0.1, -0.05) is 30.3 Å². The second kappa shape index (κ2) is 8.58. The molecule has 2 heterocycles. The van der Waals surface area contributed by atoms with Gasteiger partial charge in [0.15, 0.2) is 0 Å². The third kappa shape index (κ3) is 4.13. The van der Waals surface area contributed by atoms with Crippen LogP contribution < -0.4 is 5.73 Å². The number of carbonyl (C=O) groups is 1. The number of hydrogen-bond acceptors (Lipinski definition) is 5. The Morgan fingerprint density at radius 2 is 2.17 bits per heavy atom. The number of benzene rings is 1. The molecule has 0 saturated carbocycles. The van der Waals surface area contributed by atoms with E-state index < -0.39 is 0 Å². The van der Waals surface area contributed by atoms with Crippen molar-refractivity contribution in [1.82, 2.24) is 9.88 Å². The van der Waals surface area contributed by atoms with Crippen molar-refractivity contribution in [2.24, 2.45) is 5.73 Å². The molecule has 0 radical (unpaired) electrons. The van der Waals surface area contributed by atoms with Crippen LogP contribution in [0.1, 0.15) is 34.0 Å². The number of amides is 1. The lowest BCUT2D eigenvalue weighted by Gasteiger charge is -2.38. The molecule has 2 atom stereocenters. The first kappa shape index (κ1) is 18.9. The van der Waals surface area contributed by atoms with E-state index in [1.54, 1.807) is 0 Å². The fraction of sp³-hybridized carbons (Fsp3) is 0.412. The summed E-state index contributed by atoms with van der Waals surface area (Å²) < 4.78 is 5.78. The van der Waals surface area contributed by atoms with Crippen molar-refractivity contribution in [3.63, 3.8) is 0 Å². The Balaban J connectivity index is 0.00000208. The Morgan fingerprint density at radius 1 is 1.42 bits per heavy atom. The summed E-state index contributed by atoms with van der Waals surface area (Å²) in [4.78, 5) is 19.2. The summed E-state index contributed by atoms with van der Waals surface area (Å²) in [5.41, 5.74) is 7.16. The van der Waals surface area contributed by atoms with Gasteiger partial charge >= 0.3 is 0 Å². The van der Waals surface area contributed by atoms with Gasteiger partial charge in [-0.3, -0.25) is 4.79 Å². The summed E-state index contributed by atoms with van der Waals surface area (Å²) in [7, 11) is 0. The van der Waals surface area contributed by atoms with E-state index in [0.29, 0.717) is 31.8 Å². The Morgan fingerprint density at radius 3 is 2.88 bits per heavy atom. The van der Waals surface area contributed by atoms with Crippen LogP contribution in [0.5, 0.6) is 0 Å². The van der Waals surface area contributed by atoms with Crippen molar-refractivity contribution in [3.05, 3.63) is 52.0 Å². The normalized spacial score (nSPS) is 20.5. The molecule has 1 aromatic heterocycles. The molecule has 2 N–H and O–H groups in total. The number of carbonyl (C=O) groups excluding carboxylic acids is 1. The number of thiazole rings is 1. The van der Waals surface area contributed by atoms with E-state index in [0.717, 1.165) is 10.6 Å². The van der Waals surface area contributed by atoms with Crippen LogP contribution in [0, 0.1) is 0 Å². The van der Waals surface area contributed by atoms with Crippen LogP contribution in [0.2, 0.25) is 0 Å². The summed E-state index contributed by atoms with van der Waals surface area (Å²) in [5.74, 6) is -0.0338. The molecule has 1 fully saturated rings. The topological polar surface area (TPSA) is 68.5 Å². The number of nitrogens with two attached hydrogens (primary N) is 1. The molecule has 24 heavy (non-hydrogen) atoms. The number of rotatable bonds is 4. The second-order valence-electron chi connectivity index (χ2n) is 5.69. The van der Waals surface area contributed by atoms with Crippen LogP contribution in [-0.4, -0.2) is 41.6 Å². The van der Waals surface area contributed by atoms with Crippen molar-refractivity contribution in [3.8, 4) is 0 Å². The largest absolute Gasteiger partial charge is 0.374 e. The lowest BCUT2D eigenvalue weighted by molar-refractivity contribution is -0.0449. The predicted octanol–water partition coefficient (Wildman–Crippen LogP) is 2.67. The van der Waals surface area contributed by atoms with E-state index in [9.17, 15) is 4.79 Å². The summed E-state index contributed by atoms with van der Waals surface area (Å²) in [6, 6.07) is 9.94. The molecule has 3 rings (SSSR count). The molecule has 0 spiro atoms. The molecule has 0 aliphatic carbocycles. The number of ether oxygens (including phenoxy) is 1. The smallest absolute Gasteiger partial charge is 0.274 e. The molecule has 7 heteroatoms. The minimum absolute atomic E-state index is 0. The lowest BCUT2D eigenvalue weighted by Crippen LogP contribution is -2.46. The maximum atomic E-state index is 12.9. The zero-order valence-electron chi connectivity index (χ0n) is 13.6. The van der Waals surface area contributed by atoms with Gasteiger partial charge in [0.05, 0.1) is 23.8 Å². The monoisotopic (exact) mass is 367 g/mol. The van der Waals surface area contributed by atoms with Crippen molar-refractivity contribution < 1.29 is 9.53 Å². The molecule has 1 aliphatic heterocycles. The van der Waals surface area contributed by atoms with Gasteiger partial charge in [0.2, 0.25) is 0 Å². The summed E-state index contributed by atoms with van der Waals surface area (Å²) >= 11 is 1.49. The van der Waals surface area contributed by atoms with Gasteiger partial charge in [0.1, 0.15) is 5.69 Å². The molecular formula is C17H22ClN3O2S. The Kier molecular flexibility index (Phi) is 6.74. The number of morpholine rings is 1. The quantitative estimate of drug-likeness (QED) is 0.902. The predicted molar refractivity (Wildman–Crippen MR) is 97.8 cm³/mol. The van der Waals surface area contributed by atoms with Crippen LogP contribution in [0.15, 0.2) is 35.7 Å². The van der Waals surface area contributed by atoms with Crippen molar-refractivity contribution in [2.45, 2.75) is 25.5 Å². The first-order chi connectivity index (χ1) is 11.2.